The molecular weight excluding hydrogens is 466 g/mol. The Hall–Kier alpha value is -3.12. The Morgan fingerprint density at radius 3 is 2.59 bits per heavy atom. The number of amides is 1. The lowest BCUT2D eigenvalue weighted by atomic mass is 9.71. The first-order valence-corrected chi connectivity index (χ1v) is 13.4. The number of likely N-dealkylation sites (tertiary alicyclic amines) is 1. The van der Waals surface area contributed by atoms with E-state index in [2.05, 4.69) is 32.0 Å². The number of ether oxygens (including phenoxy) is 1. The van der Waals surface area contributed by atoms with Gasteiger partial charge in [-0.2, -0.15) is 0 Å². The van der Waals surface area contributed by atoms with Gasteiger partial charge in [0.2, 0.25) is 5.91 Å². The van der Waals surface area contributed by atoms with Gasteiger partial charge >= 0.3 is 5.63 Å². The number of benzene rings is 2. The number of hydrogen-bond acceptors (Lipinski definition) is 5. The van der Waals surface area contributed by atoms with E-state index in [-0.39, 0.29) is 18.2 Å². The van der Waals surface area contributed by atoms with Crippen LogP contribution in [0.25, 0.3) is 11.0 Å². The van der Waals surface area contributed by atoms with Gasteiger partial charge in [-0.15, -0.1) is 0 Å². The lowest BCUT2D eigenvalue weighted by Crippen LogP contribution is -2.55. The van der Waals surface area contributed by atoms with E-state index in [1.165, 1.54) is 11.1 Å². The van der Waals surface area contributed by atoms with Gasteiger partial charge in [-0.3, -0.25) is 4.79 Å². The summed E-state index contributed by atoms with van der Waals surface area (Å²) in [5.74, 6) is 0.719. The van der Waals surface area contributed by atoms with Crippen molar-refractivity contribution in [3.63, 3.8) is 0 Å². The zero-order valence-corrected chi connectivity index (χ0v) is 22.4. The van der Waals surface area contributed by atoms with Gasteiger partial charge in [0.15, 0.2) is 0 Å². The van der Waals surface area contributed by atoms with E-state index in [0.29, 0.717) is 43.0 Å². The monoisotopic (exact) mass is 503 g/mol. The molecular formula is C31H37NO5. The molecule has 1 saturated heterocycles. The molecule has 6 heteroatoms. The van der Waals surface area contributed by atoms with Crippen LogP contribution >= 0.6 is 0 Å². The van der Waals surface area contributed by atoms with Crippen molar-refractivity contribution >= 4 is 16.9 Å². The number of hydrogen-bond donors (Lipinski definition) is 1. The molecule has 3 aromatic rings. The predicted molar refractivity (Wildman–Crippen MR) is 144 cm³/mol. The van der Waals surface area contributed by atoms with Gasteiger partial charge in [0, 0.05) is 30.0 Å². The smallest absolute Gasteiger partial charge is 0.340 e. The molecule has 2 aliphatic rings. The minimum atomic E-state index is -0.637. The SMILES string of the molecule is Cc1cc(C)cc(COc2ccc3c(C)c(CC(=O)N4CC[C@@]5(O)CCCC[C@@H]5C4)c(=O)oc3c2C)c1. The maximum atomic E-state index is 13.2. The summed E-state index contributed by atoms with van der Waals surface area (Å²) in [4.78, 5) is 28.1. The molecule has 1 N–H and O–H groups in total. The minimum absolute atomic E-state index is 0.0132. The second kappa shape index (κ2) is 9.97. The summed E-state index contributed by atoms with van der Waals surface area (Å²) >= 11 is 0. The Labute approximate surface area is 218 Å². The molecule has 2 fully saturated rings. The maximum Gasteiger partial charge on any atom is 0.340 e. The molecule has 1 aromatic heterocycles. The van der Waals surface area contributed by atoms with Crippen molar-refractivity contribution in [3.8, 4) is 5.75 Å². The van der Waals surface area contributed by atoms with Gasteiger partial charge in [0.05, 0.1) is 17.6 Å². The predicted octanol–water partition coefficient (Wildman–Crippen LogP) is 5.30. The van der Waals surface area contributed by atoms with Gasteiger partial charge < -0.3 is 19.2 Å². The van der Waals surface area contributed by atoms with Crippen LogP contribution in [0.15, 0.2) is 39.5 Å². The van der Waals surface area contributed by atoms with Crippen LogP contribution in [0.1, 0.15) is 65.5 Å². The molecule has 6 nitrogen and oxygen atoms in total. The summed E-state index contributed by atoms with van der Waals surface area (Å²) in [5.41, 5.74) is 4.82. The normalized spacial score (nSPS) is 21.6. The Balaban J connectivity index is 1.35. The molecule has 196 valence electrons. The highest BCUT2D eigenvalue weighted by atomic mass is 16.5. The second-order valence-corrected chi connectivity index (χ2v) is 11.2. The highest BCUT2D eigenvalue weighted by molar-refractivity contribution is 5.87. The summed E-state index contributed by atoms with van der Waals surface area (Å²) < 4.78 is 11.9. The van der Waals surface area contributed by atoms with Crippen LogP contribution in [0.3, 0.4) is 0 Å². The van der Waals surface area contributed by atoms with Crippen LogP contribution < -0.4 is 10.4 Å². The number of piperidine rings is 1. The first-order chi connectivity index (χ1) is 17.6. The molecule has 2 atom stereocenters. The van der Waals surface area contributed by atoms with Crippen LogP contribution in [0.2, 0.25) is 0 Å². The van der Waals surface area contributed by atoms with Crippen molar-refractivity contribution in [2.24, 2.45) is 5.92 Å². The summed E-state index contributed by atoms with van der Waals surface area (Å²) in [7, 11) is 0. The first-order valence-electron chi connectivity index (χ1n) is 13.4. The zero-order valence-electron chi connectivity index (χ0n) is 22.4. The largest absolute Gasteiger partial charge is 0.488 e. The Morgan fingerprint density at radius 1 is 1.08 bits per heavy atom. The van der Waals surface area contributed by atoms with E-state index in [1.54, 1.807) is 0 Å². The standard InChI is InChI=1S/C31H37NO5/c1-19-13-20(2)15-23(14-19)18-36-27-9-8-25-21(3)26(30(34)37-29(25)22(27)4)16-28(33)32-12-11-31(35)10-6-5-7-24(31)17-32/h8-9,13-15,24,35H,5-7,10-12,16-18H2,1-4H3/t24-,31+/m1/s1. The van der Waals surface area contributed by atoms with Crippen LogP contribution in [-0.2, 0) is 17.8 Å². The topological polar surface area (TPSA) is 80.0 Å². The Kier molecular flexibility index (Phi) is 6.88. The third kappa shape index (κ3) is 5.04. The molecule has 1 saturated carbocycles. The Bertz CT molecular complexity index is 1390. The lowest BCUT2D eigenvalue weighted by Gasteiger charge is -2.47. The molecule has 0 unspecified atom stereocenters. The molecule has 1 aliphatic heterocycles. The Morgan fingerprint density at radius 2 is 1.84 bits per heavy atom. The highest BCUT2D eigenvalue weighted by Crippen LogP contribution is 2.40. The number of rotatable bonds is 5. The third-order valence-corrected chi connectivity index (χ3v) is 8.44. The molecule has 0 bridgehead atoms. The average molecular weight is 504 g/mol. The van der Waals surface area contributed by atoms with Gasteiger partial charge in [-0.25, -0.2) is 4.79 Å². The van der Waals surface area contributed by atoms with E-state index >= 15 is 0 Å². The van der Waals surface area contributed by atoms with Crippen molar-refractivity contribution in [1.29, 1.82) is 0 Å². The van der Waals surface area contributed by atoms with Crippen molar-refractivity contribution in [2.75, 3.05) is 13.1 Å². The fourth-order valence-electron chi connectivity index (χ4n) is 6.31. The summed E-state index contributed by atoms with van der Waals surface area (Å²) in [6, 6.07) is 10.2. The minimum Gasteiger partial charge on any atom is -0.488 e. The molecule has 37 heavy (non-hydrogen) atoms. The third-order valence-electron chi connectivity index (χ3n) is 8.44. The van der Waals surface area contributed by atoms with E-state index in [1.807, 2.05) is 30.9 Å². The first kappa shape index (κ1) is 25.5. The molecule has 1 amide bonds. The molecule has 0 spiro atoms. The number of fused-ring (bicyclic) bond motifs is 2. The maximum absolute atomic E-state index is 13.2. The van der Waals surface area contributed by atoms with Crippen molar-refractivity contribution in [3.05, 3.63) is 74.1 Å². The van der Waals surface area contributed by atoms with Gasteiger partial charge in [0.25, 0.3) is 0 Å². The van der Waals surface area contributed by atoms with E-state index < -0.39 is 11.2 Å². The van der Waals surface area contributed by atoms with Crippen molar-refractivity contribution in [2.45, 2.75) is 78.4 Å². The van der Waals surface area contributed by atoms with Crippen LogP contribution in [-0.4, -0.2) is 34.6 Å². The zero-order chi connectivity index (χ0) is 26.3. The lowest BCUT2D eigenvalue weighted by molar-refractivity contribution is -0.142. The van der Waals surface area contributed by atoms with E-state index in [4.69, 9.17) is 9.15 Å². The van der Waals surface area contributed by atoms with E-state index in [9.17, 15) is 14.7 Å². The number of carbonyl (C=O) groups excluding carboxylic acids is 1. The summed E-state index contributed by atoms with van der Waals surface area (Å²) in [6.45, 7) is 9.43. The molecule has 2 aromatic carbocycles. The number of carbonyl (C=O) groups is 1. The van der Waals surface area contributed by atoms with Crippen LogP contribution in [0.4, 0.5) is 0 Å². The number of nitrogens with zero attached hydrogens (tertiary/aromatic N) is 1. The van der Waals surface area contributed by atoms with Gasteiger partial charge in [-0.05, 0) is 70.2 Å². The number of aliphatic hydroxyl groups is 1. The van der Waals surface area contributed by atoms with Crippen LogP contribution in [0, 0.1) is 33.6 Å². The molecule has 1 aliphatic carbocycles. The summed E-state index contributed by atoms with van der Waals surface area (Å²) in [6.07, 6.45) is 4.54. The molecule has 2 heterocycles. The van der Waals surface area contributed by atoms with Crippen molar-refractivity contribution in [1.82, 2.24) is 4.90 Å². The fourth-order valence-corrected chi connectivity index (χ4v) is 6.31. The second-order valence-electron chi connectivity index (χ2n) is 11.2. The van der Waals surface area contributed by atoms with E-state index in [0.717, 1.165) is 47.8 Å². The highest BCUT2D eigenvalue weighted by Gasteiger charge is 2.43. The summed E-state index contributed by atoms with van der Waals surface area (Å²) in [5, 5.41) is 11.8. The molecule has 0 radical (unpaired) electrons. The van der Waals surface area contributed by atoms with Gasteiger partial charge in [-0.1, -0.05) is 42.2 Å². The van der Waals surface area contributed by atoms with Crippen LogP contribution in [0.5, 0.6) is 5.75 Å². The fraction of sp³-hybridized carbons (Fsp3) is 0.484. The van der Waals surface area contributed by atoms with Crippen molar-refractivity contribution < 1.29 is 19.1 Å². The van der Waals surface area contributed by atoms with Gasteiger partial charge in [0.1, 0.15) is 17.9 Å². The average Bonchev–Trinajstić information content (AvgIpc) is 2.85. The quantitative estimate of drug-likeness (QED) is 0.478. The molecule has 5 rings (SSSR count). The number of aryl methyl sites for hydroxylation is 4.